The van der Waals surface area contributed by atoms with Crippen molar-refractivity contribution in [3.8, 4) is 0 Å². The molecule has 94 valence electrons. The number of ketones is 1. The van der Waals surface area contributed by atoms with Gasteiger partial charge in [0.15, 0.2) is 5.78 Å². The molecule has 0 amide bonds. The summed E-state index contributed by atoms with van der Waals surface area (Å²) in [5.74, 6) is 0.0740. The number of nitrogens with zero attached hydrogens (tertiary/aromatic N) is 2. The molecule has 0 bridgehead atoms. The number of halogens is 1. The van der Waals surface area contributed by atoms with Crippen molar-refractivity contribution >= 4 is 21.7 Å². The molecule has 1 aromatic rings. The fraction of sp³-hybridized carbons (Fsp3) is 0.636. The average Bonchev–Trinajstić information content (AvgIpc) is 2.71. The summed E-state index contributed by atoms with van der Waals surface area (Å²) in [5.41, 5.74) is 0.640. The molecule has 2 rings (SSSR count). The van der Waals surface area contributed by atoms with Gasteiger partial charge in [-0.1, -0.05) is 0 Å². The molecule has 1 aliphatic heterocycles. The summed E-state index contributed by atoms with van der Waals surface area (Å²) in [6.45, 7) is 4.93. The average molecular weight is 302 g/mol. The lowest BCUT2D eigenvalue weighted by atomic mass is 10.1. The highest BCUT2D eigenvalue weighted by molar-refractivity contribution is 9.10. The van der Waals surface area contributed by atoms with E-state index >= 15 is 0 Å². The number of carbonyl (C=O) groups is 1. The number of nitrogens with one attached hydrogen (secondary N) is 1. The summed E-state index contributed by atoms with van der Waals surface area (Å²) in [6.07, 6.45) is 2.04. The summed E-state index contributed by atoms with van der Waals surface area (Å²) in [4.78, 5) is 12.2. The summed E-state index contributed by atoms with van der Waals surface area (Å²) in [6, 6.07) is 0. The molecule has 2 heterocycles. The highest BCUT2D eigenvalue weighted by Crippen LogP contribution is 2.19. The van der Waals surface area contributed by atoms with Gasteiger partial charge in [-0.05, 0) is 22.9 Å². The van der Waals surface area contributed by atoms with Gasteiger partial charge in [0, 0.05) is 26.1 Å². The Morgan fingerprint density at radius 3 is 3.24 bits per heavy atom. The van der Waals surface area contributed by atoms with Crippen LogP contribution in [0, 0.1) is 0 Å². The van der Waals surface area contributed by atoms with E-state index in [0.717, 1.165) is 17.6 Å². The maximum Gasteiger partial charge on any atom is 0.184 e. The third kappa shape index (κ3) is 2.94. The lowest BCUT2D eigenvalue weighted by molar-refractivity contribution is 0.0237. The molecule has 1 saturated heterocycles. The van der Waals surface area contributed by atoms with Gasteiger partial charge in [-0.2, -0.15) is 5.10 Å². The summed E-state index contributed by atoms with van der Waals surface area (Å²) >= 11 is 3.36. The summed E-state index contributed by atoms with van der Waals surface area (Å²) in [5, 5.41) is 7.36. The Hall–Kier alpha value is -0.720. The van der Waals surface area contributed by atoms with Crippen LogP contribution in [0.25, 0.3) is 0 Å². The number of rotatable bonds is 4. The molecule has 17 heavy (non-hydrogen) atoms. The quantitative estimate of drug-likeness (QED) is 0.850. The van der Waals surface area contributed by atoms with Crippen LogP contribution in [0.4, 0.5) is 0 Å². The first kappa shape index (κ1) is 12.7. The van der Waals surface area contributed by atoms with Crippen molar-refractivity contribution in [2.24, 2.45) is 0 Å². The number of carbonyl (C=O) groups excluding carboxylic acids is 1. The molecule has 0 aliphatic carbocycles. The van der Waals surface area contributed by atoms with Gasteiger partial charge in [0.05, 0.1) is 23.4 Å². The van der Waals surface area contributed by atoms with Gasteiger partial charge in [0.1, 0.15) is 5.69 Å². The van der Waals surface area contributed by atoms with Gasteiger partial charge in [-0.25, -0.2) is 0 Å². The number of morpholine rings is 1. The second-order valence-electron chi connectivity index (χ2n) is 3.98. The largest absolute Gasteiger partial charge is 0.375 e. The van der Waals surface area contributed by atoms with E-state index in [9.17, 15) is 4.79 Å². The molecule has 1 fully saturated rings. The molecule has 1 N–H and O–H groups in total. The van der Waals surface area contributed by atoms with Crippen molar-refractivity contribution in [3.63, 3.8) is 0 Å². The first-order valence-electron chi connectivity index (χ1n) is 5.79. The minimum atomic E-state index is -0.0247. The van der Waals surface area contributed by atoms with E-state index in [0.29, 0.717) is 25.3 Å². The van der Waals surface area contributed by atoms with Crippen molar-refractivity contribution in [1.29, 1.82) is 0 Å². The van der Waals surface area contributed by atoms with E-state index in [1.807, 2.05) is 6.92 Å². The number of aromatic nitrogens is 2. The number of hydrogen-bond donors (Lipinski definition) is 1. The molecule has 1 aliphatic rings. The Labute approximate surface area is 109 Å². The number of aryl methyl sites for hydroxylation is 1. The molecule has 0 spiro atoms. The van der Waals surface area contributed by atoms with Crippen LogP contribution in [-0.2, 0) is 11.3 Å². The zero-order valence-electron chi connectivity index (χ0n) is 9.78. The standard InChI is InChI=1S/C11H16BrN3O2/c1-2-15-11(9(12)7-14-15)10(16)5-8-6-13-3-4-17-8/h7-8,13H,2-6H2,1H3. The fourth-order valence-electron chi connectivity index (χ4n) is 1.93. The first-order valence-corrected chi connectivity index (χ1v) is 6.58. The smallest absolute Gasteiger partial charge is 0.184 e. The van der Waals surface area contributed by atoms with Crippen molar-refractivity contribution in [2.75, 3.05) is 19.7 Å². The van der Waals surface area contributed by atoms with Crippen LogP contribution in [0.3, 0.4) is 0 Å². The third-order valence-electron chi connectivity index (χ3n) is 2.78. The van der Waals surface area contributed by atoms with E-state index in [4.69, 9.17) is 4.74 Å². The van der Waals surface area contributed by atoms with Gasteiger partial charge >= 0.3 is 0 Å². The van der Waals surface area contributed by atoms with Crippen LogP contribution in [0.5, 0.6) is 0 Å². The van der Waals surface area contributed by atoms with E-state index in [-0.39, 0.29) is 11.9 Å². The molecular weight excluding hydrogens is 286 g/mol. The molecule has 0 saturated carbocycles. The molecule has 1 atom stereocenters. The van der Waals surface area contributed by atoms with Crippen LogP contribution in [0.15, 0.2) is 10.7 Å². The summed E-state index contributed by atoms with van der Waals surface area (Å²) < 4.78 is 8.00. The molecule has 5 nitrogen and oxygen atoms in total. The lowest BCUT2D eigenvalue weighted by Gasteiger charge is -2.23. The Balaban J connectivity index is 2.05. The maximum absolute atomic E-state index is 12.2. The Morgan fingerprint density at radius 1 is 1.76 bits per heavy atom. The Morgan fingerprint density at radius 2 is 2.59 bits per heavy atom. The number of ether oxygens (including phenoxy) is 1. The van der Waals surface area contributed by atoms with Crippen LogP contribution in [-0.4, -0.2) is 41.4 Å². The fourth-order valence-corrected chi connectivity index (χ4v) is 2.45. The van der Waals surface area contributed by atoms with Crippen molar-refractivity contribution in [1.82, 2.24) is 15.1 Å². The minimum Gasteiger partial charge on any atom is -0.375 e. The first-order chi connectivity index (χ1) is 8.22. The van der Waals surface area contributed by atoms with Crippen LogP contribution in [0.1, 0.15) is 23.8 Å². The van der Waals surface area contributed by atoms with Gasteiger partial charge < -0.3 is 10.1 Å². The molecule has 1 unspecified atom stereocenters. The second kappa shape index (κ2) is 5.75. The van der Waals surface area contributed by atoms with Gasteiger partial charge in [-0.15, -0.1) is 0 Å². The molecule has 0 aromatic carbocycles. The van der Waals surface area contributed by atoms with Gasteiger partial charge in [0.25, 0.3) is 0 Å². The molecular formula is C11H16BrN3O2. The maximum atomic E-state index is 12.2. The zero-order chi connectivity index (χ0) is 12.3. The topological polar surface area (TPSA) is 56.2 Å². The highest BCUT2D eigenvalue weighted by Gasteiger charge is 2.22. The van der Waals surface area contributed by atoms with Crippen molar-refractivity contribution in [3.05, 3.63) is 16.4 Å². The lowest BCUT2D eigenvalue weighted by Crippen LogP contribution is -2.39. The van der Waals surface area contributed by atoms with Crippen molar-refractivity contribution in [2.45, 2.75) is 26.0 Å². The van der Waals surface area contributed by atoms with E-state index in [1.165, 1.54) is 0 Å². The van der Waals surface area contributed by atoms with E-state index in [2.05, 4.69) is 26.3 Å². The van der Waals surface area contributed by atoms with Gasteiger partial charge in [0.2, 0.25) is 0 Å². The molecule has 0 radical (unpaired) electrons. The second-order valence-corrected chi connectivity index (χ2v) is 4.84. The van der Waals surface area contributed by atoms with Crippen LogP contribution in [0.2, 0.25) is 0 Å². The predicted molar refractivity (Wildman–Crippen MR) is 67.2 cm³/mol. The van der Waals surface area contributed by atoms with Crippen LogP contribution >= 0.6 is 15.9 Å². The number of Topliss-reactive ketones (excluding diaryl/α,β-unsaturated/α-hetero) is 1. The SMILES string of the molecule is CCn1ncc(Br)c1C(=O)CC1CNCCO1. The van der Waals surface area contributed by atoms with Gasteiger partial charge in [-0.3, -0.25) is 9.48 Å². The predicted octanol–water partition coefficient (Wildman–Crippen LogP) is 1.23. The number of hydrogen-bond acceptors (Lipinski definition) is 4. The van der Waals surface area contributed by atoms with E-state index in [1.54, 1.807) is 10.9 Å². The summed E-state index contributed by atoms with van der Waals surface area (Å²) in [7, 11) is 0. The third-order valence-corrected chi connectivity index (χ3v) is 3.36. The normalized spacial score (nSPS) is 20.5. The molecule has 1 aromatic heterocycles. The highest BCUT2D eigenvalue weighted by atomic mass is 79.9. The Kier molecular flexibility index (Phi) is 4.31. The van der Waals surface area contributed by atoms with Crippen molar-refractivity contribution < 1.29 is 9.53 Å². The monoisotopic (exact) mass is 301 g/mol. The minimum absolute atomic E-state index is 0.0247. The van der Waals surface area contributed by atoms with E-state index < -0.39 is 0 Å². The molecule has 6 heteroatoms. The Bertz CT molecular complexity index is 399. The van der Waals surface area contributed by atoms with Crippen LogP contribution < -0.4 is 5.32 Å². The zero-order valence-corrected chi connectivity index (χ0v) is 11.4.